The molecular weight excluding hydrogens is 222 g/mol. The highest BCUT2D eigenvalue weighted by Crippen LogP contribution is 2.23. The number of aromatic nitrogens is 1. The molecule has 0 aliphatic heterocycles. The van der Waals surface area contributed by atoms with Gasteiger partial charge in [0.1, 0.15) is 0 Å². The molecule has 0 bridgehead atoms. The van der Waals surface area contributed by atoms with E-state index in [0.717, 1.165) is 19.1 Å². The standard InChI is InChI=1S/C15H21N3/c1-2-18-14(10-17-13-4-5-13)8-12-7-11(9-16)3-6-15(12)18/h3,6-8,13,17H,2,4-5,9-10,16H2,1H3. The van der Waals surface area contributed by atoms with Crippen LogP contribution < -0.4 is 11.1 Å². The second kappa shape index (κ2) is 4.75. The van der Waals surface area contributed by atoms with Crippen LogP contribution in [0.1, 0.15) is 31.0 Å². The lowest BCUT2D eigenvalue weighted by Gasteiger charge is -2.08. The van der Waals surface area contributed by atoms with Gasteiger partial charge >= 0.3 is 0 Å². The van der Waals surface area contributed by atoms with Gasteiger partial charge in [-0.05, 0) is 43.5 Å². The average molecular weight is 243 g/mol. The summed E-state index contributed by atoms with van der Waals surface area (Å²) in [6.45, 7) is 4.82. The first-order valence-electron chi connectivity index (χ1n) is 6.86. The number of hydrogen-bond acceptors (Lipinski definition) is 2. The van der Waals surface area contributed by atoms with Gasteiger partial charge in [0.05, 0.1) is 0 Å². The molecule has 1 saturated carbocycles. The Morgan fingerprint density at radius 2 is 2.17 bits per heavy atom. The van der Waals surface area contributed by atoms with Crippen LogP contribution in [0.3, 0.4) is 0 Å². The Balaban J connectivity index is 1.95. The molecule has 3 nitrogen and oxygen atoms in total. The van der Waals surface area contributed by atoms with Crippen LogP contribution in [0.2, 0.25) is 0 Å². The number of aryl methyl sites for hydroxylation is 1. The summed E-state index contributed by atoms with van der Waals surface area (Å²) in [6.07, 6.45) is 2.67. The van der Waals surface area contributed by atoms with E-state index in [1.807, 2.05) is 0 Å². The van der Waals surface area contributed by atoms with Crippen LogP contribution in [0.25, 0.3) is 10.9 Å². The first-order valence-corrected chi connectivity index (χ1v) is 6.86. The highest BCUT2D eigenvalue weighted by molar-refractivity contribution is 5.82. The zero-order chi connectivity index (χ0) is 12.5. The number of nitrogens with zero attached hydrogens (tertiary/aromatic N) is 1. The fraction of sp³-hybridized carbons (Fsp3) is 0.467. The molecule has 3 rings (SSSR count). The molecule has 96 valence electrons. The zero-order valence-corrected chi connectivity index (χ0v) is 10.9. The van der Waals surface area contributed by atoms with Crippen molar-refractivity contribution < 1.29 is 0 Å². The van der Waals surface area contributed by atoms with Crippen LogP contribution in [0.4, 0.5) is 0 Å². The van der Waals surface area contributed by atoms with E-state index in [0.29, 0.717) is 6.54 Å². The van der Waals surface area contributed by atoms with Gasteiger partial charge in [0.15, 0.2) is 0 Å². The average Bonchev–Trinajstić information content (AvgIpc) is 3.16. The Bertz CT molecular complexity index is 552. The van der Waals surface area contributed by atoms with Crippen LogP contribution in [0.15, 0.2) is 24.3 Å². The van der Waals surface area contributed by atoms with Gasteiger partial charge in [-0.1, -0.05) is 6.07 Å². The lowest BCUT2D eigenvalue weighted by atomic mass is 10.1. The van der Waals surface area contributed by atoms with Gasteiger partial charge in [-0.25, -0.2) is 0 Å². The van der Waals surface area contributed by atoms with Crippen molar-refractivity contribution in [2.75, 3.05) is 0 Å². The quantitative estimate of drug-likeness (QED) is 0.846. The van der Waals surface area contributed by atoms with Crippen molar-refractivity contribution >= 4 is 10.9 Å². The molecule has 1 heterocycles. The molecule has 1 aromatic heterocycles. The Hall–Kier alpha value is -1.32. The molecule has 2 aromatic rings. The van der Waals surface area contributed by atoms with E-state index in [1.54, 1.807) is 0 Å². The molecule has 0 spiro atoms. The van der Waals surface area contributed by atoms with Crippen LogP contribution in [0.5, 0.6) is 0 Å². The highest BCUT2D eigenvalue weighted by atomic mass is 15.0. The zero-order valence-electron chi connectivity index (χ0n) is 10.9. The van der Waals surface area contributed by atoms with Crippen molar-refractivity contribution in [3.05, 3.63) is 35.5 Å². The van der Waals surface area contributed by atoms with E-state index in [9.17, 15) is 0 Å². The Morgan fingerprint density at radius 3 is 2.83 bits per heavy atom. The minimum atomic E-state index is 0.614. The summed E-state index contributed by atoms with van der Waals surface area (Å²) in [5.41, 5.74) is 9.62. The maximum Gasteiger partial charge on any atom is 0.0483 e. The van der Waals surface area contributed by atoms with Gasteiger partial charge in [-0.2, -0.15) is 0 Å². The van der Waals surface area contributed by atoms with E-state index < -0.39 is 0 Å². The molecule has 3 heteroatoms. The molecule has 0 saturated heterocycles. The molecule has 0 atom stereocenters. The fourth-order valence-corrected chi connectivity index (χ4v) is 2.56. The van der Waals surface area contributed by atoms with E-state index in [4.69, 9.17) is 5.73 Å². The molecule has 1 fully saturated rings. The largest absolute Gasteiger partial charge is 0.344 e. The van der Waals surface area contributed by atoms with Crippen molar-refractivity contribution in [3.8, 4) is 0 Å². The van der Waals surface area contributed by atoms with Crippen LogP contribution in [-0.4, -0.2) is 10.6 Å². The minimum Gasteiger partial charge on any atom is -0.344 e. The summed E-state index contributed by atoms with van der Waals surface area (Å²) in [7, 11) is 0. The summed E-state index contributed by atoms with van der Waals surface area (Å²) in [4.78, 5) is 0. The third-order valence-electron chi connectivity index (χ3n) is 3.75. The lowest BCUT2D eigenvalue weighted by Crippen LogP contribution is -2.17. The summed E-state index contributed by atoms with van der Waals surface area (Å²) in [5.74, 6) is 0. The molecule has 1 aliphatic rings. The molecule has 3 N–H and O–H groups in total. The molecule has 1 aromatic carbocycles. The molecule has 1 aliphatic carbocycles. The van der Waals surface area contributed by atoms with E-state index in [-0.39, 0.29) is 0 Å². The SMILES string of the molecule is CCn1c(CNC2CC2)cc2cc(CN)ccc21. The van der Waals surface area contributed by atoms with Gasteiger partial charge < -0.3 is 15.6 Å². The van der Waals surface area contributed by atoms with E-state index in [1.165, 1.54) is 35.0 Å². The summed E-state index contributed by atoms with van der Waals surface area (Å²) in [5, 5.41) is 4.90. The fourth-order valence-electron chi connectivity index (χ4n) is 2.56. The van der Waals surface area contributed by atoms with Gasteiger partial charge in [-0.3, -0.25) is 0 Å². The number of nitrogens with two attached hydrogens (primary N) is 1. The van der Waals surface area contributed by atoms with Crippen LogP contribution >= 0.6 is 0 Å². The molecule has 18 heavy (non-hydrogen) atoms. The third kappa shape index (κ3) is 2.16. The van der Waals surface area contributed by atoms with Gasteiger partial charge in [0, 0.05) is 42.3 Å². The number of nitrogens with one attached hydrogen (secondary N) is 1. The van der Waals surface area contributed by atoms with Crippen molar-refractivity contribution in [2.45, 2.75) is 45.4 Å². The monoisotopic (exact) mass is 243 g/mol. The molecular formula is C15H21N3. The van der Waals surface area contributed by atoms with Crippen molar-refractivity contribution in [1.82, 2.24) is 9.88 Å². The number of hydrogen-bond donors (Lipinski definition) is 2. The molecule has 0 unspecified atom stereocenters. The Labute approximate surface area is 108 Å². The normalized spacial score (nSPS) is 15.4. The summed E-state index contributed by atoms with van der Waals surface area (Å²) < 4.78 is 2.39. The van der Waals surface area contributed by atoms with E-state index in [2.05, 4.69) is 41.1 Å². The lowest BCUT2D eigenvalue weighted by molar-refractivity contribution is 0.634. The number of fused-ring (bicyclic) bond motifs is 1. The Morgan fingerprint density at radius 1 is 1.33 bits per heavy atom. The first kappa shape index (κ1) is 11.8. The van der Waals surface area contributed by atoms with Crippen molar-refractivity contribution in [1.29, 1.82) is 0 Å². The van der Waals surface area contributed by atoms with Crippen molar-refractivity contribution in [3.63, 3.8) is 0 Å². The predicted octanol–water partition coefficient (Wildman–Crippen LogP) is 2.37. The van der Waals surface area contributed by atoms with Gasteiger partial charge in [0.2, 0.25) is 0 Å². The topological polar surface area (TPSA) is 43.0 Å². The second-order valence-corrected chi connectivity index (χ2v) is 5.13. The summed E-state index contributed by atoms with van der Waals surface area (Å²) >= 11 is 0. The first-order chi connectivity index (χ1) is 8.81. The number of rotatable bonds is 5. The van der Waals surface area contributed by atoms with Crippen LogP contribution in [0, 0.1) is 0 Å². The smallest absolute Gasteiger partial charge is 0.0483 e. The maximum absolute atomic E-state index is 5.71. The number of benzene rings is 1. The van der Waals surface area contributed by atoms with E-state index >= 15 is 0 Å². The second-order valence-electron chi connectivity index (χ2n) is 5.13. The summed E-state index contributed by atoms with van der Waals surface area (Å²) in [6, 6.07) is 9.59. The predicted molar refractivity (Wildman–Crippen MR) is 75.4 cm³/mol. The minimum absolute atomic E-state index is 0.614. The van der Waals surface area contributed by atoms with Gasteiger partial charge in [-0.15, -0.1) is 0 Å². The van der Waals surface area contributed by atoms with Crippen molar-refractivity contribution in [2.24, 2.45) is 5.73 Å². The Kier molecular flexibility index (Phi) is 3.10. The molecule has 0 amide bonds. The van der Waals surface area contributed by atoms with Gasteiger partial charge in [0.25, 0.3) is 0 Å². The van der Waals surface area contributed by atoms with Crippen LogP contribution in [-0.2, 0) is 19.6 Å². The molecule has 0 radical (unpaired) electrons. The third-order valence-corrected chi connectivity index (χ3v) is 3.75. The highest BCUT2D eigenvalue weighted by Gasteiger charge is 2.20. The maximum atomic E-state index is 5.71.